The second-order valence-electron chi connectivity index (χ2n) is 7.49. The van der Waals surface area contributed by atoms with Gasteiger partial charge in [0.2, 0.25) is 0 Å². The molecule has 0 radical (unpaired) electrons. The van der Waals surface area contributed by atoms with Crippen molar-refractivity contribution in [3.63, 3.8) is 0 Å². The van der Waals surface area contributed by atoms with Gasteiger partial charge < -0.3 is 9.72 Å². The number of anilines is 1. The molecular weight excluding hydrogens is 388 g/mol. The summed E-state index contributed by atoms with van der Waals surface area (Å²) in [6.45, 7) is 6.37. The first kappa shape index (κ1) is 18.9. The van der Waals surface area contributed by atoms with E-state index in [9.17, 15) is 4.79 Å². The Labute approximate surface area is 179 Å². The highest BCUT2D eigenvalue weighted by atomic mass is 16.6. The molecule has 31 heavy (non-hydrogen) atoms. The van der Waals surface area contributed by atoms with Crippen molar-refractivity contribution in [1.82, 2.24) is 15.2 Å². The lowest BCUT2D eigenvalue weighted by Crippen LogP contribution is -2.34. The van der Waals surface area contributed by atoms with Crippen LogP contribution in [0.1, 0.15) is 6.92 Å². The molecule has 1 saturated heterocycles. The summed E-state index contributed by atoms with van der Waals surface area (Å²) in [5.41, 5.74) is 5.24. The van der Waals surface area contributed by atoms with Gasteiger partial charge in [0.25, 0.3) is 0 Å². The van der Waals surface area contributed by atoms with E-state index in [2.05, 4.69) is 33.9 Å². The number of hydrogen-bond donors (Lipinski definition) is 2. The molecule has 1 aliphatic heterocycles. The van der Waals surface area contributed by atoms with Crippen molar-refractivity contribution in [3.05, 3.63) is 85.0 Å². The number of benzene rings is 2. The summed E-state index contributed by atoms with van der Waals surface area (Å²) in [6.07, 6.45) is 7.32. The highest BCUT2D eigenvalue weighted by Gasteiger charge is 2.35. The topological polar surface area (TPSA) is 74.0 Å². The van der Waals surface area contributed by atoms with Crippen LogP contribution in [0, 0.1) is 0 Å². The molecule has 2 N–H and O–H groups in total. The Balaban J connectivity index is 1.55. The predicted molar refractivity (Wildman–Crippen MR) is 124 cm³/mol. The van der Waals surface area contributed by atoms with Gasteiger partial charge in [0, 0.05) is 22.0 Å². The van der Waals surface area contributed by atoms with Crippen LogP contribution < -0.4 is 4.90 Å². The normalized spacial score (nSPS) is 16.9. The van der Waals surface area contributed by atoms with Gasteiger partial charge >= 0.3 is 6.09 Å². The number of carbonyl (C=O) groups is 1. The molecule has 1 amide bonds. The molecule has 0 unspecified atom stereocenters. The third kappa shape index (κ3) is 3.32. The maximum absolute atomic E-state index is 12.6. The van der Waals surface area contributed by atoms with Crippen molar-refractivity contribution >= 4 is 33.6 Å². The van der Waals surface area contributed by atoms with Gasteiger partial charge in [-0.05, 0) is 42.8 Å². The first-order chi connectivity index (χ1) is 15.2. The fourth-order valence-corrected chi connectivity index (χ4v) is 3.94. The Morgan fingerprint density at radius 1 is 1.19 bits per heavy atom. The molecule has 6 heteroatoms. The molecule has 2 aromatic carbocycles. The number of para-hydroxylation sites is 1. The number of fused-ring (bicyclic) bond motifs is 2. The summed E-state index contributed by atoms with van der Waals surface area (Å²) in [4.78, 5) is 17.6. The average Bonchev–Trinajstić information content (AvgIpc) is 3.49. The number of ether oxygens (including phenoxy) is 1. The number of H-pyrrole nitrogens is 2. The minimum atomic E-state index is -0.374. The van der Waals surface area contributed by atoms with E-state index in [0.717, 1.165) is 44.5 Å². The number of aromatic amines is 2. The van der Waals surface area contributed by atoms with Gasteiger partial charge in [0.05, 0.1) is 17.3 Å². The zero-order valence-electron chi connectivity index (χ0n) is 17.1. The summed E-state index contributed by atoms with van der Waals surface area (Å²) >= 11 is 0. The van der Waals surface area contributed by atoms with Gasteiger partial charge in [-0.25, -0.2) is 4.79 Å². The maximum Gasteiger partial charge on any atom is 0.415 e. The van der Waals surface area contributed by atoms with Gasteiger partial charge in [0.15, 0.2) is 0 Å². The molecule has 0 saturated carbocycles. The van der Waals surface area contributed by atoms with Crippen LogP contribution in [-0.2, 0) is 4.74 Å². The first-order valence-corrected chi connectivity index (χ1v) is 10.2. The number of carbonyl (C=O) groups excluding carboxylic acids is 1. The molecule has 1 atom stereocenters. The van der Waals surface area contributed by atoms with E-state index in [1.54, 1.807) is 4.90 Å². The minimum absolute atomic E-state index is 0.255. The van der Waals surface area contributed by atoms with Crippen LogP contribution in [0.2, 0.25) is 0 Å². The lowest BCUT2D eigenvalue weighted by molar-refractivity contribution is 0.179. The Bertz CT molecular complexity index is 1330. The lowest BCUT2D eigenvalue weighted by Gasteiger charge is -2.22. The first-order valence-electron chi connectivity index (χ1n) is 10.2. The zero-order chi connectivity index (χ0) is 21.4. The van der Waals surface area contributed by atoms with E-state index in [1.807, 2.05) is 67.6 Å². The van der Waals surface area contributed by atoms with E-state index < -0.39 is 0 Å². The van der Waals surface area contributed by atoms with Crippen LogP contribution in [0.5, 0.6) is 0 Å². The average molecular weight is 410 g/mol. The summed E-state index contributed by atoms with van der Waals surface area (Å²) in [6, 6.07) is 15.8. The van der Waals surface area contributed by atoms with Crippen molar-refractivity contribution in [2.24, 2.45) is 0 Å². The molecule has 0 bridgehead atoms. The van der Waals surface area contributed by atoms with Crippen LogP contribution in [0.3, 0.4) is 0 Å². The molecule has 6 nitrogen and oxygen atoms in total. The van der Waals surface area contributed by atoms with Gasteiger partial charge in [-0.15, -0.1) is 0 Å². The van der Waals surface area contributed by atoms with Crippen molar-refractivity contribution in [1.29, 1.82) is 0 Å². The Morgan fingerprint density at radius 3 is 2.90 bits per heavy atom. The number of rotatable bonds is 5. The molecule has 5 rings (SSSR count). The lowest BCUT2D eigenvalue weighted by atomic mass is 10.1. The van der Waals surface area contributed by atoms with Crippen LogP contribution in [0.25, 0.3) is 33.2 Å². The van der Waals surface area contributed by atoms with Crippen LogP contribution >= 0.6 is 0 Å². The van der Waals surface area contributed by atoms with Gasteiger partial charge in [-0.3, -0.25) is 10.00 Å². The molecule has 1 aliphatic rings. The van der Waals surface area contributed by atoms with Crippen molar-refractivity contribution < 1.29 is 9.53 Å². The Morgan fingerprint density at radius 2 is 2.06 bits per heavy atom. The zero-order valence-corrected chi connectivity index (χ0v) is 17.1. The number of nitrogens with zero attached hydrogens (tertiary/aromatic N) is 2. The standard InChI is InChI=1S/C25H22N4O2/c1-3-4-5-8-16(2)23-15-31-25(30)29(23)18-11-12-21-19(14-18)24(28-27-21)22-13-17-9-6-7-10-20(17)26-22/h3-14,23,26H,2,15H2,1H3,(H,27,28)/b4-3-,8-5-/t23-/m0/s1. The van der Waals surface area contributed by atoms with E-state index >= 15 is 0 Å². The summed E-state index contributed by atoms with van der Waals surface area (Å²) in [7, 11) is 0. The third-order valence-corrected chi connectivity index (χ3v) is 5.52. The largest absolute Gasteiger partial charge is 0.447 e. The van der Waals surface area contributed by atoms with Crippen LogP contribution in [0.15, 0.2) is 85.0 Å². The smallest absolute Gasteiger partial charge is 0.415 e. The minimum Gasteiger partial charge on any atom is -0.447 e. The number of amides is 1. The predicted octanol–water partition coefficient (Wildman–Crippen LogP) is 5.72. The molecular formula is C25H22N4O2. The number of aromatic nitrogens is 3. The summed E-state index contributed by atoms with van der Waals surface area (Å²) in [5, 5.41) is 9.66. The SMILES string of the molecule is C=C(/C=C\C=C/C)[C@@H]1COC(=O)N1c1ccc2[nH]nc(-c3cc4ccccc4[nH]3)c2c1. The Hall–Kier alpha value is -4.06. The van der Waals surface area contributed by atoms with Crippen LogP contribution in [-0.4, -0.2) is 33.9 Å². The van der Waals surface area contributed by atoms with Crippen molar-refractivity contribution in [2.45, 2.75) is 13.0 Å². The molecule has 2 aromatic heterocycles. The molecule has 4 aromatic rings. The maximum atomic E-state index is 12.6. The highest BCUT2D eigenvalue weighted by molar-refractivity contribution is 6.00. The van der Waals surface area contributed by atoms with E-state index in [4.69, 9.17) is 4.74 Å². The van der Waals surface area contributed by atoms with Crippen molar-refractivity contribution in [3.8, 4) is 11.4 Å². The van der Waals surface area contributed by atoms with Gasteiger partial charge in [0.1, 0.15) is 12.3 Å². The quantitative estimate of drug-likeness (QED) is 0.413. The second-order valence-corrected chi connectivity index (χ2v) is 7.49. The second kappa shape index (κ2) is 7.65. The fourth-order valence-electron chi connectivity index (χ4n) is 3.94. The van der Waals surface area contributed by atoms with E-state index in [1.165, 1.54) is 0 Å². The third-order valence-electron chi connectivity index (χ3n) is 5.52. The monoisotopic (exact) mass is 410 g/mol. The molecule has 1 fully saturated rings. The fraction of sp³-hybridized carbons (Fsp3) is 0.120. The van der Waals surface area contributed by atoms with E-state index in [0.29, 0.717) is 0 Å². The van der Waals surface area contributed by atoms with Crippen LogP contribution in [0.4, 0.5) is 10.5 Å². The molecule has 0 spiro atoms. The molecule has 3 heterocycles. The highest BCUT2D eigenvalue weighted by Crippen LogP contribution is 2.34. The molecule has 154 valence electrons. The Kier molecular flexibility index (Phi) is 4.67. The van der Waals surface area contributed by atoms with Crippen molar-refractivity contribution in [2.75, 3.05) is 11.5 Å². The number of hydrogen-bond acceptors (Lipinski definition) is 3. The number of allylic oxidation sites excluding steroid dienone is 3. The summed E-state index contributed by atoms with van der Waals surface area (Å²) < 4.78 is 5.35. The van der Waals surface area contributed by atoms with Gasteiger partial charge in [-0.1, -0.05) is 49.1 Å². The van der Waals surface area contributed by atoms with Gasteiger partial charge in [-0.2, -0.15) is 5.10 Å². The molecule has 0 aliphatic carbocycles. The summed E-state index contributed by atoms with van der Waals surface area (Å²) in [5.74, 6) is 0. The van der Waals surface area contributed by atoms with E-state index in [-0.39, 0.29) is 18.7 Å². The number of cyclic esters (lactones) is 1. The number of nitrogens with one attached hydrogen (secondary N) is 2.